The molecule has 6 nitrogen and oxygen atoms in total. The van der Waals surface area contributed by atoms with Crippen LogP contribution in [0.25, 0.3) is 0 Å². The lowest BCUT2D eigenvalue weighted by Gasteiger charge is -2.33. The van der Waals surface area contributed by atoms with Gasteiger partial charge in [0.2, 0.25) is 11.8 Å². The van der Waals surface area contributed by atoms with Crippen LogP contribution in [0.3, 0.4) is 0 Å². The second-order valence-electron chi connectivity index (χ2n) is 5.62. The molecule has 23 heavy (non-hydrogen) atoms. The number of phenols is 1. The number of para-hydroxylation sites is 1. The summed E-state index contributed by atoms with van der Waals surface area (Å²) in [5.41, 5.74) is 0.671. The maximum Gasteiger partial charge on any atom is 0.246 e. The van der Waals surface area contributed by atoms with Crippen molar-refractivity contribution in [3.8, 4) is 5.75 Å². The number of morpholine rings is 1. The molecule has 1 N–H and O–H groups in total. The van der Waals surface area contributed by atoms with E-state index in [0.29, 0.717) is 37.6 Å². The molecule has 2 aliphatic heterocycles. The number of ether oxygens (including phenoxy) is 1. The standard InChI is InChI=1S/C16H20N2O4S/c1-11(19)18-13(15(21)17-6-8-22-9-7-17)10-23-16(18)12-4-2-3-5-14(12)20/h2-5,13,16,20H,6-10H2,1H3. The van der Waals surface area contributed by atoms with Gasteiger partial charge in [-0.05, 0) is 6.07 Å². The monoisotopic (exact) mass is 336 g/mol. The van der Waals surface area contributed by atoms with E-state index >= 15 is 0 Å². The zero-order valence-corrected chi connectivity index (χ0v) is 13.8. The highest BCUT2D eigenvalue weighted by atomic mass is 32.2. The average molecular weight is 336 g/mol. The maximum absolute atomic E-state index is 12.8. The molecule has 1 aromatic carbocycles. The van der Waals surface area contributed by atoms with Gasteiger partial charge >= 0.3 is 0 Å². The molecule has 0 aliphatic carbocycles. The Morgan fingerprint density at radius 3 is 2.61 bits per heavy atom. The van der Waals surface area contributed by atoms with Crippen molar-refractivity contribution in [1.82, 2.24) is 9.80 Å². The molecular formula is C16H20N2O4S. The summed E-state index contributed by atoms with van der Waals surface area (Å²) in [5.74, 6) is 0.494. The van der Waals surface area contributed by atoms with Gasteiger partial charge in [0.25, 0.3) is 0 Å². The van der Waals surface area contributed by atoms with Gasteiger partial charge in [-0.2, -0.15) is 0 Å². The van der Waals surface area contributed by atoms with Crippen LogP contribution >= 0.6 is 11.8 Å². The van der Waals surface area contributed by atoms with Crippen LogP contribution in [0.5, 0.6) is 5.75 Å². The van der Waals surface area contributed by atoms with E-state index in [9.17, 15) is 14.7 Å². The van der Waals surface area contributed by atoms with Gasteiger partial charge in [-0.3, -0.25) is 9.59 Å². The summed E-state index contributed by atoms with van der Waals surface area (Å²) in [4.78, 5) is 28.3. The Hall–Kier alpha value is -1.73. The number of nitrogens with zero attached hydrogens (tertiary/aromatic N) is 2. The number of carbonyl (C=O) groups is 2. The maximum atomic E-state index is 12.8. The minimum atomic E-state index is -0.486. The first kappa shape index (κ1) is 16.1. The number of amides is 2. The third-order valence-electron chi connectivity index (χ3n) is 4.17. The van der Waals surface area contributed by atoms with E-state index in [2.05, 4.69) is 0 Å². The van der Waals surface area contributed by atoms with Crippen LogP contribution in [0, 0.1) is 0 Å². The van der Waals surface area contributed by atoms with Crippen LogP contribution in [-0.4, -0.2) is 64.8 Å². The molecule has 2 heterocycles. The van der Waals surface area contributed by atoms with Crippen LogP contribution in [0.15, 0.2) is 24.3 Å². The van der Waals surface area contributed by atoms with Gasteiger partial charge < -0.3 is 19.6 Å². The number of aromatic hydroxyl groups is 1. The summed E-state index contributed by atoms with van der Waals surface area (Å²) in [6.45, 7) is 3.67. The molecule has 2 amide bonds. The van der Waals surface area contributed by atoms with Crippen molar-refractivity contribution in [3.63, 3.8) is 0 Å². The Morgan fingerprint density at radius 2 is 1.96 bits per heavy atom. The molecule has 2 unspecified atom stereocenters. The molecule has 2 saturated heterocycles. The summed E-state index contributed by atoms with van der Waals surface area (Å²) in [6.07, 6.45) is 0. The van der Waals surface area contributed by atoms with Gasteiger partial charge in [-0.25, -0.2) is 0 Å². The van der Waals surface area contributed by atoms with Gasteiger partial charge in [0.1, 0.15) is 17.2 Å². The van der Waals surface area contributed by atoms with Crippen molar-refractivity contribution < 1.29 is 19.4 Å². The molecule has 0 saturated carbocycles. The highest BCUT2D eigenvalue weighted by Gasteiger charge is 2.43. The van der Waals surface area contributed by atoms with Crippen molar-refractivity contribution >= 4 is 23.6 Å². The SMILES string of the molecule is CC(=O)N1C(C(=O)N2CCOCC2)CSC1c1ccccc1O. The topological polar surface area (TPSA) is 70.1 Å². The van der Waals surface area contributed by atoms with Gasteiger partial charge in [-0.15, -0.1) is 11.8 Å². The summed E-state index contributed by atoms with van der Waals surface area (Å²) < 4.78 is 5.28. The van der Waals surface area contributed by atoms with E-state index in [1.54, 1.807) is 28.0 Å². The van der Waals surface area contributed by atoms with Gasteiger partial charge in [0.15, 0.2) is 0 Å². The molecule has 2 aliphatic rings. The third-order valence-corrected chi connectivity index (χ3v) is 5.48. The highest BCUT2D eigenvalue weighted by molar-refractivity contribution is 7.99. The van der Waals surface area contributed by atoms with Crippen molar-refractivity contribution in [2.45, 2.75) is 18.3 Å². The average Bonchev–Trinajstić information content (AvgIpc) is 3.00. The van der Waals surface area contributed by atoms with E-state index in [1.807, 2.05) is 6.07 Å². The van der Waals surface area contributed by atoms with Crippen LogP contribution in [-0.2, 0) is 14.3 Å². The zero-order valence-electron chi connectivity index (χ0n) is 13.0. The Morgan fingerprint density at radius 1 is 1.26 bits per heavy atom. The normalized spacial score (nSPS) is 24.7. The van der Waals surface area contributed by atoms with Crippen molar-refractivity contribution in [3.05, 3.63) is 29.8 Å². The predicted molar refractivity (Wildman–Crippen MR) is 87.0 cm³/mol. The number of benzene rings is 1. The number of hydrogen-bond donors (Lipinski definition) is 1. The van der Waals surface area contributed by atoms with Gasteiger partial charge in [0, 0.05) is 31.3 Å². The van der Waals surface area contributed by atoms with Gasteiger partial charge in [0.05, 0.1) is 13.2 Å². The fourth-order valence-corrected chi connectivity index (χ4v) is 4.51. The van der Waals surface area contributed by atoms with Crippen LogP contribution in [0.4, 0.5) is 0 Å². The fourth-order valence-electron chi connectivity index (χ4n) is 3.01. The van der Waals surface area contributed by atoms with E-state index in [0.717, 1.165) is 0 Å². The van der Waals surface area contributed by atoms with Gasteiger partial charge in [-0.1, -0.05) is 18.2 Å². The number of carbonyl (C=O) groups excluding carboxylic acids is 2. The van der Waals surface area contributed by atoms with E-state index in [4.69, 9.17) is 4.74 Å². The highest BCUT2D eigenvalue weighted by Crippen LogP contribution is 2.44. The van der Waals surface area contributed by atoms with Crippen molar-refractivity contribution in [1.29, 1.82) is 0 Å². The molecule has 0 aromatic heterocycles. The molecule has 7 heteroatoms. The van der Waals surface area contributed by atoms with E-state index in [-0.39, 0.29) is 22.9 Å². The molecule has 2 atom stereocenters. The molecule has 0 bridgehead atoms. The summed E-state index contributed by atoms with van der Waals surface area (Å²) in [7, 11) is 0. The summed E-state index contributed by atoms with van der Waals surface area (Å²) in [5, 5.41) is 9.75. The fraction of sp³-hybridized carbons (Fsp3) is 0.500. The second kappa shape index (κ2) is 6.80. The molecular weight excluding hydrogens is 316 g/mol. The smallest absolute Gasteiger partial charge is 0.246 e. The Bertz CT molecular complexity index is 603. The van der Waals surface area contributed by atoms with Crippen molar-refractivity contribution in [2.75, 3.05) is 32.1 Å². The molecule has 124 valence electrons. The lowest BCUT2D eigenvalue weighted by atomic mass is 10.1. The lowest BCUT2D eigenvalue weighted by molar-refractivity contribution is -0.146. The first-order valence-corrected chi connectivity index (χ1v) is 8.69. The molecule has 3 rings (SSSR count). The van der Waals surface area contributed by atoms with Crippen molar-refractivity contribution in [2.24, 2.45) is 0 Å². The quantitative estimate of drug-likeness (QED) is 0.879. The Labute approximate surface area is 139 Å². The number of rotatable bonds is 2. The first-order valence-electron chi connectivity index (χ1n) is 7.64. The van der Waals surface area contributed by atoms with Crippen LogP contribution in [0.2, 0.25) is 0 Å². The Balaban J connectivity index is 1.84. The summed E-state index contributed by atoms with van der Waals surface area (Å²) in [6, 6.07) is 6.48. The molecule has 1 aromatic rings. The van der Waals surface area contributed by atoms with Crippen LogP contribution in [0.1, 0.15) is 17.9 Å². The summed E-state index contributed by atoms with van der Waals surface area (Å²) >= 11 is 1.51. The van der Waals surface area contributed by atoms with Crippen LogP contribution < -0.4 is 0 Å². The largest absolute Gasteiger partial charge is 0.508 e. The van der Waals surface area contributed by atoms with E-state index < -0.39 is 6.04 Å². The number of phenolic OH excluding ortho intramolecular Hbond substituents is 1. The predicted octanol–water partition coefficient (Wildman–Crippen LogP) is 1.21. The number of hydrogen-bond acceptors (Lipinski definition) is 5. The van der Waals surface area contributed by atoms with E-state index in [1.165, 1.54) is 18.7 Å². The lowest BCUT2D eigenvalue weighted by Crippen LogP contribution is -2.52. The second-order valence-corrected chi connectivity index (χ2v) is 6.74. The minimum Gasteiger partial charge on any atom is -0.508 e. The third kappa shape index (κ3) is 3.16. The first-order chi connectivity index (χ1) is 11.1. The zero-order chi connectivity index (χ0) is 16.4. The molecule has 0 radical (unpaired) electrons. The Kier molecular flexibility index (Phi) is 4.77. The number of thioether (sulfide) groups is 1. The molecule has 2 fully saturated rings. The molecule has 0 spiro atoms. The minimum absolute atomic E-state index is 0.0334.